The molecule has 0 atom stereocenters. The number of halogens is 3. The van der Waals surface area contributed by atoms with Gasteiger partial charge in [-0.05, 0) is 42.0 Å². The molecule has 5 nitrogen and oxygen atoms in total. The quantitative estimate of drug-likeness (QED) is 0.511. The van der Waals surface area contributed by atoms with Crippen molar-refractivity contribution in [3.63, 3.8) is 0 Å². The number of carbonyl (C=O) groups is 1. The normalized spacial score (nSPS) is 11.7. The van der Waals surface area contributed by atoms with Crippen LogP contribution in [0.1, 0.15) is 17.5 Å². The molecule has 0 spiro atoms. The Kier molecular flexibility index (Phi) is 7.12. The molecule has 30 heavy (non-hydrogen) atoms. The number of methoxy groups -OCH3 is 1. The minimum Gasteiger partial charge on any atom is -0.382 e. The molecule has 1 amide bonds. The van der Waals surface area contributed by atoms with Crippen LogP contribution < -0.4 is 5.32 Å². The van der Waals surface area contributed by atoms with Gasteiger partial charge in [-0.1, -0.05) is 12.1 Å². The van der Waals surface area contributed by atoms with Crippen LogP contribution in [0.25, 0.3) is 10.9 Å². The van der Waals surface area contributed by atoms with Gasteiger partial charge in [-0.2, -0.15) is 13.2 Å². The Hall–Kier alpha value is -2.84. The lowest BCUT2D eigenvalue weighted by Crippen LogP contribution is -2.15. The smallest absolute Gasteiger partial charge is 0.382 e. The van der Waals surface area contributed by atoms with Gasteiger partial charge in [0, 0.05) is 36.4 Å². The van der Waals surface area contributed by atoms with E-state index in [2.05, 4.69) is 5.32 Å². The number of carbonyl (C=O) groups excluding carboxylic acids is 1. The van der Waals surface area contributed by atoms with Crippen LogP contribution >= 0.6 is 0 Å². The predicted octanol–water partition coefficient (Wildman–Crippen LogP) is 4.70. The zero-order valence-corrected chi connectivity index (χ0v) is 16.5. The fraction of sp³-hybridized carbons (Fsp3) is 0.318. The number of ether oxygens (including phenoxy) is 2. The summed E-state index contributed by atoms with van der Waals surface area (Å²) in [5.74, 6) is -0.143. The van der Waals surface area contributed by atoms with Gasteiger partial charge in [0.1, 0.15) is 0 Å². The largest absolute Gasteiger partial charge is 0.416 e. The number of anilines is 1. The van der Waals surface area contributed by atoms with E-state index in [-0.39, 0.29) is 12.3 Å². The monoisotopic (exact) mass is 420 g/mol. The van der Waals surface area contributed by atoms with Crippen molar-refractivity contribution in [3.05, 3.63) is 65.9 Å². The fourth-order valence-electron chi connectivity index (χ4n) is 3.04. The van der Waals surface area contributed by atoms with Gasteiger partial charge in [-0.25, -0.2) is 0 Å². The van der Waals surface area contributed by atoms with Crippen molar-refractivity contribution >= 4 is 22.5 Å². The van der Waals surface area contributed by atoms with E-state index in [4.69, 9.17) is 9.47 Å². The molecule has 0 aliphatic carbocycles. The summed E-state index contributed by atoms with van der Waals surface area (Å²) in [6.45, 7) is 1.71. The molecule has 0 bridgehead atoms. The SMILES string of the molecule is COCCOCCC(=O)Nc1ccc2c(ccn2Cc2ccc(C(F)(F)F)cc2)c1. The summed E-state index contributed by atoms with van der Waals surface area (Å²) in [6.07, 6.45) is -2.22. The highest BCUT2D eigenvalue weighted by atomic mass is 19.4. The summed E-state index contributed by atoms with van der Waals surface area (Å²) in [5.41, 5.74) is 1.71. The Bertz CT molecular complexity index is 981. The number of alkyl halides is 3. The van der Waals surface area contributed by atoms with E-state index >= 15 is 0 Å². The van der Waals surface area contributed by atoms with Gasteiger partial charge in [-0.15, -0.1) is 0 Å². The molecule has 3 rings (SSSR count). The van der Waals surface area contributed by atoms with E-state index in [1.165, 1.54) is 12.1 Å². The molecule has 0 saturated heterocycles. The first-order chi connectivity index (χ1) is 14.4. The first kappa shape index (κ1) is 21.9. The number of benzene rings is 2. The number of nitrogens with zero attached hydrogens (tertiary/aromatic N) is 1. The first-order valence-corrected chi connectivity index (χ1v) is 9.48. The molecule has 0 radical (unpaired) electrons. The zero-order valence-electron chi connectivity index (χ0n) is 16.5. The van der Waals surface area contributed by atoms with Gasteiger partial charge in [0.05, 0.1) is 31.8 Å². The number of nitrogens with one attached hydrogen (secondary N) is 1. The van der Waals surface area contributed by atoms with Gasteiger partial charge in [0.2, 0.25) is 5.91 Å². The highest BCUT2D eigenvalue weighted by Gasteiger charge is 2.29. The molecule has 0 aliphatic heterocycles. The van der Waals surface area contributed by atoms with Crippen LogP contribution in [0.5, 0.6) is 0 Å². The first-order valence-electron chi connectivity index (χ1n) is 9.48. The Morgan fingerprint density at radius 1 is 1.03 bits per heavy atom. The van der Waals surface area contributed by atoms with Gasteiger partial charge in [0.25, 0.3) is 0 Å². The van der Waals surface area contributed by atoms with Crippen LogP contribution in [0.15, 0.2) is 54.7 Å². The van der Waals surface area contributed by atoms with Crippen molar-refractivity contribution in [2.24, 2.45) is 0 Å². The van der Waals surface area contributed by atoms with E-state index < -0.39 is 11.7 Å². The lowest BCUT2D eigenvalue weighted by molar-refractivity contribution is -0.137. The molecule has 1 heterocycles. The van der Waals surface area contributed by atoms with E-state index in [0.717, 1.165) is 28.6 Å². The second kappa shape index (κ2) is 9.77. The van der Waals surface area contributed by atoms with Gasteiger partial charge >= 0.3 is 6.18 Å². The second-order valence-corrected chi connectivity index (χ2v) is 6.82. The van der Waals surface area contributed by atoms with Crippen molar-refractivity contribution in [1.82, 2.24) is 4.57 Å². The molecule has 160 valence electrons. The molecule has 2 aromatic carbocycles. The molecule has 3 aromatic rings. The summed E-state index contributed by atoms with van der Waals surface area (Å²) in [5, 5.41) is 3.77. The second-order valence-electron chi connectivity index (χ2n) is 6.82. The molecule has 1 N–H and O–H groups in total. The average molecular weight is 420 g/mol. The maximum absolute atomic E-state index is 12.7. The topological polar surface area (TPSA) is 52.5 Å². The Labute approximate surface area is 172 Å². The summed E-state index contributed by atoms with van der Waals surface area (Å²) < 4.78 is 50.2. The number of aromatic nitrogens is 1. The van der Waals surface area contributed by atoms with Crippen LogP contribution in [0.2, 0.25) is 0 Å². The van der Waals surface area contributed by atoms with Crippen LogP contribution in [0.4, 0.5) is 18.9 Å². The molecule has 1 aromatic heterocycles. The van der Waals surface area contributed by atoms with Crippen molar-refractivity contribution in [3.8, 4) is 0 Å². The minimum atomic E-state index is -4.34. The Balaban J connectivity index is 1.61. The van der Waals surface area contributed by atoms with E-state index in [9.17, 15) is 18.0 Å². The number of fused-ring (bicyclic) bond motifs is 1. The fourth-order valence-corrected chi connectivity index (χ4v) is 3.04. The average Bonchev–Trinajstić information content (AvgIpc) is 3.09. The maximum atomic E-state index is 12.7. The van der Waals surface area contributed by atoms with Crippen molar-refractivity contribution < 1.29 is 27.4 Å². The number of amides is 1. The summed E-state index contributed by atoms with van der Waals surface area (Å²) in [4.78, 5) is 12.0. The standard InChI is InChI=1S/C22H23F3N2O3/c1-29-12-13-30-11-9-21(28)26-19-6-7-20-17(14-19)8-10-27(20)15-16-2-4-18(5-3-16)22(23,24)25/h2-8,10,14H,9,11-13,15H2,1H3,(H,26,28). The highest BCUT2D eigenvalue weighted by molar-refractivity contribution is 5.94. The highest BCUT2D eigenvalue weighted by Crippen LogP contribution is 2.29. The lowest BCUT2D eigenvalue weighted by atomic mass is 10.1. The van der Waals surface area contributed by atoms with Gasteiger partial charge in [0.15, 0.2) is 0 Å². The third-order valence-corrected chi connectivity index (χ3v) is 4.59. The van der Waals surface area contributed by atoms with Crippen molar-refractivity contribution in [2.45, 2.75) is 19.1 Å². The Morgan fingerprint density at radius 2 is 1.80 bits per heavy atom. The van der Waals surface area contributed by atoms with Crippen LogP contribution in [-0.2, 0) is 27.0 Å². The molecular formula is C22H23F3N2O3. The van der Waals surface area contributed by atoms with Crippen LogP contribution in [0, 0.1) is 0 Å². The van der Waals surface area contributed by atoms with E-state index in [1.54, 1.807) is 13.2 Å². The molecule has 0 unspecified atom stereocenters. The molecule has 0 aliphatic rings. The molecule has 8 heteroatoms. The number of rotatable bonds is 9. The maximum Gasteiger partial charge on any atom is 0.416 e. The van der Waals surface area contributed by atoms with Crippen molar-refractivity contribution in [2.75, 3.05) is 32.2 Å². The Morgan fingerprint density at radius 3 is 2.50 bits per heavy atom. The van der Waals surface area contributed by atoms with Gasteiger partial charge < -0.3 is 19.4 Å². The number of hydrogen-bond acceptors (Lipinski definition) is 3. The predicted molar refractivity (Wildman–Crippen MR) is 108 cm³/mol. The summed E-state index contributed by atoms with van der Waals surface area (Å²) in [7, 11) is 1.59. The van der Waals surface area contributed by atoms with Crippen molar-refractivity contribution in [1.29, 1.82) is 0 Å². The van der Waals surface area contributed by atoms with E-state index in [1.807, 2.05) is 29.0 Å². The third kappa shape index (κ3) is 5.84. The van der Waals surface area contributed by atoms with Crippen LogP contribution in [-0.4, -0.2) is 37.4 Å². The minimum absolute atomic E-state index is 0.143. The summed E-state index contributed by atoms with van der Waals surface area (Å²) in [6, 6.07) is 12.6. The summed E-state index contributed by atoms with van der Waals surface area (Å²) >= 11 is 0. The molecule has 0 fully saturated rings. The third-order valence-electron chi connectivity index (χ3n) is 4.59. The zero-order chi connectivity index (χ0) is 21.6. The number of hydrogen-bond donors (Lipinski definition) is 1. The van der Waals surface area contributed by atoms with Gasteiger partial charge in [-0.3, -0.25) is 4.79 Å². The van der Waals surface area contributed by atoms with Crippen LogP contribution in [0.3, 0.4) is 0 Å². The van der Waals surface area contributed by atoms with E-state index in [0.29, 0.717) is 32.1 Å². The molecular weight excluding hydrogens is 397 g/mol. The lowest BCUT2D eigenvalue weighted by Gasteiger charge is -2.10. The molecule has 0 saturated carbocycles.